The molecular weight excluding hydrogens is 358 g/mol. The molecule has 7 heteroatoms. The van der Waals surface area contributed by atoms with Crippen molar-refractivity contribution >= 4 is 39.6 Å². The Bertz CT molecular complexity index is 480. The van der Waals surface area contributed by atoms with E-state index in [0.29, 0.717) is 17.9 Å². The number of nitrogens with one attached hydrogen (secondary N) is 1. The van der Waals surface area contributed by atoms with Gasteiger partial charge in [-0.3, -0.25) is 4.79 Å². The van der Waals surface area contributed by atoms with Gasteiger partial charge in [-0.15, -0.1) is 0 Å². The molecule has 0 aliphatic rings. The topological polar surface area (TPSA) is 75.6 Å². The number of rotatable bonds is 8. The Balaban J connectivity index is 2.56. The Morgan fingerprint density at radius 3 is 2.52 bits per heavy atom. The summed E-state index contributed by atoms with van der Waals surface area (Å²) < 4.78 is 6.40. The summed E-state index contributed by atoms with van der Waals surface area (Å²) in [6.45, 7) is 1.59. The number of hydrogen-bond donors (Lipinski definition) is 2. The van der Waals surface area contributed by atoms with Crippen LogP contribution in [0.5, 0.6) is 5.75 Å². The van der Waals surface area contributed by atoms with Crippen molar-refractivity contribution in [2.24, 2.45) is 0 Å². The molecule has 0 heterocycles. The van der Waals surface area contributed by atoms with Gasteiger partial charge in [0.05, 0.1) is 0 Å². The van der Waals surface area contributed by atoms with Crippen molar-refractivity contribution in [3.05, 3.63) is 28.7 Å². The molecular formula is C14H18BrNO4S. The third-order valence-corrected chi connectivity index (χ3v) is 3.89. The minimum absolute atomic E-state index is 0.382. The average Bonchev–Trinajstić information content (AvgIpc) is 2.45. The van der Waals surface area contributed by atoms with E-state index in [-0.39, 0.29) is 0 Å². The molecule has 0 saturated carbocycles. The van der Waals surface area contributed by atoms with Gasteiger partial charge in [-0.05, 0) is 49.6 Å². The predicted octanol–water partition coefficient (Wildman–Crippen LogP) is 2.54. The molecule has 0 aromatic heterocycles. The zero-order valence-corrected chi connectivity index (χ0v) is 14.2. The fourth-order valence-electron chi connectivity index (χ4n) is 1.55. The summed E-state index contributed by atoms with van der Waals surface area (Å²) >= 11 is 4.85. The first-order valence-corrected chi connectivity index (χ1v) is 8.57. The van der Waals surface area contributed by atoms with Crippen LogP contribution in [-0.4, -0.2) is 41.1 Å². The fraction of sp³-hybridized carbons (Fsp3) is 0.429. The lowest BCUT2D eigenvalue weighted by Crippen LogP contribution is -2.46. The van der Waals surface area contributed by atoms with E-state index < -0.39 is 24.0 Å². The summed E-state index contributed by atoms with van der Waals surface area (Å²) in [5.41, 5.74) is 0. The molecule has 21 heavy (non-hydrogen) atoms. The van der Waals surface area contributed by atoms with Gasteiger partial charge in [0, 0.05) is 4.47 Å². The summed E-state index contributed by atoms with van der Waals surface area (Å²) in [6.07, 6.45) is 1.51. The van der Waals surface area contributed by atoms with Crippen molar-refractivity contribution in [2.45, 2.75) is 25.5 Å². The molecule has 0 spiro atoms. The van der Waals surface area contributed by atoms with Gasteiger partial charge < -0.3 is 15.2 Å². The van der Waals surface area contributed by atoms with Crippen LogP contribution in [0.25, 0.3) is 0 Å². The van der Waals surface area contributed by atoms with Crippen LogP contribution in [0, 0.1) is 0 Å². The highest BCUT2D eigenvalue weighted by Gasteiger charge is 2.23. The van der Waals surface area contributed by atoms with Crippen molar-refractivity contribution in [3.8, 4) is 5.75 Å². The normalized spacial score (nSPS) is 13.3. The molecule has 0 aliphatic heterocycles. The number of amides is 1. The molecule has 116 valence electrons. The van der Waals surface area contributed by atoms with E-state index in [1.165, 1.54) is 11.8 Å². The SMILES string of the molecule is CSCCC(NC(=O)C(C)Oc1ccc(Br)cc1)C(=O)O. The van der Waals surface area contributed by atoms with E-state index in [9.17, 15) is 9.59 Å². The molecule has 0 fully saturated rings. The number of hydrogen-bond acceptors (Lipinski definition) is 4. The molecule has 0 saturated heterocycles. The maximum atomic E-state index is 12.0. The lowest BCUT2D eigenvalue weighted by molar-refractivity contribution is -0.142. The van der Waals surface area contributed by atoms with Crippen LogP contribution in [0.4, 0.5) is 0 Å². The summed E-state index contributed by atoms with van der Waals surface area (Å²) in [6, 6.07) is 6.18. The first kappa shape index (κ1) is 17.8. The first-order chi connectivity index (χ1) is 9.93. The second-order valence-corrected chi connectivity index (χ2v) is 6.30. The van der Waals surface area contributed by atoms with Gasteiger partial charge in [0.2, 0.25) is 0 Å². The maximum absolute atomic E-state index is 12.0. The van der Waals surface area contributed by atoms with Crippen molar-refractivity contribution < 1.29 is 19.4 Å². The Morgan fingerprint density at radius 2 is 2.00 bits per heavy atom. The molecule has 1 rings (SSSR count). The maximum Gasteiger partial charge on any atom is 0.326 e. The van der Waals surface area contributed by atoms with Gasteiger partial charge in [-0.25, -0.2) is 4.79 Å². The summed E-state index contributed by atoms with van der Waals surface area (Å²) in [5.74, 6) is -0.254. The minimum Gasteiger partial charge on any atom is -0.481 e. The molecule has 5 nitrogen and oxygen atoms in total. The van der Waals surface area contributed by atoms with Crippen molar-refractivity contribution in [1.82, 2.24) is 5.32 Å². The summed E-state index contributed by atoms with van der Waals surface area (Å²) in [5, 5.41) is 11.6. The van der Waals surface area contributed by atoms with Crippen molar-refractivity contribution in [1.29, 1.82) is 0 Å². The number of thioether (sulfide) groups is 1. The third-order valence-electron chi connectivity index (χ3n) is 2.72. The van der Waals surface area contributed by atoms with E-state index in [1.807, 2.05) is 6.26 Å². The number of carboxylic acids is 1. The van der Waals surface area contributed by atoms with Crippen molar-refractivity contribution in [3.63, 3.8) is 0 Å². The molecule has 2 unspecified atom stereocenters. The van der Waals surface area contributed by atoms with Crippen LogP contribution >= 0.6 is 27.7 Å². The standard InChI is InChI=1S/C14H18BrNO4S/c1-9(20-11-5-3-10(15)4-6-11)13(17)16-12(14(18)19)7-8-21-2/h3-6,9,12H,7-8H2,1-2H3,(H,16,17)(H,18,19). The Labute approximate surface area is 136 Å². The molecule has 1 aromatic rings. The lowest BCUT2D eigenvalue weighted by atomic mass is 10.2. The third kappa shape index (κ3) is 6.39. The Kier molecular flexibility index (Phi) is 7.60. The van der Waals surface area contributed by atoms with E-state index in [4.69, 9.17) is 9.84 Å². The van der Waals surface area contributed by atoms with Crippen LogP contribution in [0.3, 0.4) is 0 Å². The van der Waals surface area contributed by atoms with Crippen LogP contribution in [0.2, 0.25) is 0 Å². The van der Waals surface area contributed by atoms with Gasteiger partial charge in [-0.2, -0.15) is 11.8 Å². The second-order valence-electron chi connectivity index (χ2n) is 4.39. The highest BCUT2D eigenvalue weighted by Crippen LogP contribution is 2.17. The van der Waals surface area contributed by atoms with Gasteiger partial charge in [-0.1, -0.05) is 15.9 Å². The van der Waals surface area contributed by atoms with Crippen LogP contribution in [0.15, 0.2) is 28.7 Å². The zero-order chi connectivity index (χ0) is 15.8. The van der Waals surface area contributed by atoms with Gasteiger partial charge >= 0.3 is 5.97 Å². The average molecular weight is 376 g/mol. The highest BCUT2D eigenvalue weighted by molar-refractivity contribution is 9.10. The number of aliphatic carboxylic acids is 1. The predicted molar refractivity (Wildman–Crippen MR) is 86.8 cm³/mol. The van der Waals surface area contributed by atoms with Crippen LogP contribution in [0.1, 0.15) is 13.3 Å². The van der Waals surface area contributed by atoms with Gasteiger partial charge in [0.15, 0.2) is 6.10 Å². The zero-order valence-electron chi connectivity index (χ0n) is 11.8. The van der Waals surface area contributed by atoms with Crippen LogP contribution < -0.4 is 10.1 Å². The Hall–Kier alpha value is -1.21. The van der Waals surface area contributed by atoms with E-state index >= 15 is 0 Å². The molecule has 0 aliphatic carbocycles. The number of ether oxygens (including phenoxy) is 1. The number of halogens is 1. The minimum atomic E-state index is -1.03. The molecule has 2 atom stereocenters. The fourth-order valence-corrected chi connectivity index (χ4v) is 2.29. The smallest absolute Gasteiger partial charge is 0.326 e. The lowest BCUT2D eigenvalue weighted by Gasteiger charge is -2.18. The van der Waals surface area contributed by atoms with E-state index in [0.717, 1.165) is 4.47 Å². The highest BCUT2D eigenvalue weighted by atomic mass is 79.9. The van der Waals surface area contributed by atoms with E-state index in [2.05, 4.69) is 21.2 Å². The van der Waals surface area contributed by atoms with Crippen LogP contribution in [-0.2, 0) is 9.59 Å². The number of carbonyl (C=O) groups excluding carboxylic acids is 1. The molecule has 1 amide bonds. The monoisotopic (exact) mass is 375 g/mol. The largest absolute Gasteiger partial charge is 0.481 e. The number of carboxylic acid groups (broad SMARTS) is 1. The quantitative estimate of drug-likeness (QED) is 0.729. The molecule has 1 aromatic carbocycles. The molecule has 0 bridgehead atoms. The summed E-state index contributed by atoms with van der Waals surface area (Å²) in [4.78, 5) is 23.1. The molecule has 0 radical (unpaired) electrons. The van der Waals surface area contributed by atoms with Gasteiger partial charge in [0.1, 0.15) is 11.8 Å². The van der Waals surface area contributed by atoms with Gasteiger partial charge in [0.25, 0.3) is 5.91 Å². The van der Waals surface area contributed by atoms with E-state index in [1.54, 1.807) is 31.2 Å². The van der Waals surface area contributed by atoms with Crippen molar-refractivity contribution in [2.75, 3.05) is 12.0 Å². The molecule has 2 N–H and O–H groups in total. The second kappa shape index (κ2) is 8.94. The number of carbonyl (C=O) groups is 2. The Morgan fingerprint density at radius 1 is 1.38 bits per heavy atom. The number of benzene rings is 1. The summed E-state index contributed by atoms with van der Waals surface area (Å²) in [7, 11) is 0. The first-order valence-electron chi connectivity index (χ1n) is 6.38.